The van der Waals surface area contributed by atoms with E-state index in [-0.39, 0.29) is 0 Å². The fourth-order valence-corrected chi connectivity index (χ4v) is 1.52. The van der Waals surface area contributed by atoms with Crippen LogP contribution in [-0.4, -0.2) is 10.9 Å². The molecule has 0 spiro atoms. The minimum Gasteiger partial charge on any atom is -0.351 e. The van der Waals surface area contributed by atoms with Crippen LogP contribution >= 0.6 is 0 Å². The molecular weight excluding hydrogens is 238 g/mol. The van der Waals surface area contributed by atoms with Crippen LogP contribution in [-0.2, 0) is 6.54 Å². The molecule has 2 rings (SSSR count). The van der Waals surface area contributed by atoms with Gasteiger partial charge in [0.1, 0.15) is 0 Å². The normalized spacial score (nSPS) is 10.6. The molecule has 1 aromatic heterocycles. The lowest BCUT2D eigenvalue weighted by Gasteiger charge is -2.10. The standard InChI is InChI=1S/C14H13N5/c15-11-18-14(19-13-7-4-8-16-10-13)17-9-12-5-2-1-3-6-12/h1-8,10H,9H2,(H2,17,18,19). The van der Waals surface area contributed by atoms with Gasteiger partial charge < -0.3 is 10.6 Å². The lowest BCUT2D eigenvalue weighted by atomic mass is 10.2. The van der Waals surface area contributed by atoms with Crippen LogP contribution in [0.15, 0.2) is 59.9 Å². The quantitative estimate of drug-likeness (QED) is 0.498. The maximum Gasteiger partial charge on any atom is 0.212 e. The molecule has 0 aliphatic rings. The number of nitriles is 1. The first-order valence-electron chi connectivity index (χ1n) is 5.80. The van der Waals surface area contributed by atoms with Crippen molar-refractivity contribution >= 4 is 11.6 Å². The fourth-order valence-electron chi connectivity index (χ4n) is 1.52. The summed E-state index contributed by atoms with van der Waals surface area (Å²) in [6.07, 6.45) is 5.11. The van der Waals surface area contributed by atoms with Crippen LogP contribution < -0.4 is 10.6 Å². The summed E-state index contributed by atoms with van der Waals surface area (Å²) >= 11 is 0. The lowest BCUT2D eigenvalue weighted by molar-refractivity contribution is 0.911. The van der Waals surface area contributed by atoms with Gasteiger partial charge in [-0.3, -0.25) is 4.98 Å². The molecule has 0 saturated heterocycles. The highest BCUT2D eigenvalue weighted by Gasteiger charge is 2.00. The van der Waals surface area contributed by atoms with Crippen molar-refractivity contribution in [3.63, 3.8) is 0 Å². The number of aliphatic imine (C=N–C) groups is 1. The average molecular weight is 251 g/mol. The van der Waals surface area contributed by atoms with Gasteiger partial charge in [-0.2, -0.15) is 5.26 Å². The smallest absolute Gasteiger partial charge is 0.212 e. The number of nitrogens with one attached hydrogen (secondary N) is 2. The van der Waals surface area contributed by atoms with Crippen molar-refractivity contribution in [2.24, 2.45) is 4.99 Å². The summed E-state index contributed by atoms with van der Waals surface area (Å²) in [4.78, 5) is 7.69. The van der Waals surface area contributed by atoms with Crippen molar-refractivity contribution in [1.82, 2.24) is 10.3 Å². The fraction of sp³-hybridized carbons (Fsp3) is 0.0714. The SMILES string of the molecule is N#CN=C(NCc1ccccc1)Nc1cccnc1. The van der Waals surface area contributed by atoms with Crippen LogP contribution in [0.2, 0.25) is 0 Å². The molecule has 0 bridgehead atoms. The molecule has 2 aromatic rings. The van der Waals surface area contributed by atoms with Crippen LogP contribution in [0.4, 0.5) is 5.69 Å². The Hall–Kier alpha value is -2.87. The van der Waals surface area contributed by atoms with Gasteiger partial charge in [0, 0.05) is 12.7 Å². The molecule has 0 aliphatic carbocycles. The van der Waals surface area contributed by atoms with Crippen LogP contribution in [0.1, 0.15) is 5.56 Å². The maximum atomic E-state index is 8.68. The Morgan fingerprint density at radius 1 is 1.21 bits per heavy atom. The van der Waals surface area contributed by atoms with Crippen LogP contribution in [0, 0.1) is 11.5 Å². The summed E-state index contributed by atoms with van der Waals surface area (Å²) in [7, 11) is 0. The number of hydrogen-bond donors (Lipinski definition) is 2. The zero-order valence-corrected chi connectivity index (χ0v) is 10.2. The molecule has 5 heteroatoms. The van der Waals surface area contributed by atoms with Crippen molar-refractivity contribution in [2.75, 3.05) is 5.32 Å². The van der Waals surface area contributed by atoms with E-state index in [1.165, 1.54) is 0 Å². The van der Waals surface area contributed by atoms with E-state index in [9.17, 15) is 0 Å². The molecule has 19 heavy (non-hydrogen) atoms. The number of guanidine groups is 1. The van der Waals surface area contributed by atoms with Gasteiger partial charge >= 0.3 is 0 Å². The Labute approximate surface area is 111 Å². The average Bonchev–Trinajstić information content (AvgIpc) is 2.47. The second kappa shape index (κ2) is 6.77. The first kappa shape index (κ1) is 12.6. The Balaban J connectivity index is 1.98. The van der Waals surface area contributed by atoms with E-state index < -0.39 is 0 Å². The zero-order valence-electron chi connectivity index (χ0n) is 10.2. The van der Waals surface area contributed by atoms with Crippen molar-refractivity contribution in [2.45, 2.75) is 6.54 Å². The van der Waals surface area contributed by atoms with Gasteiger partial charge in [0.2, 0.25) is 12.2 Å². The van der Waals surface area contributed by atoms with Gasteiger partial charge in [-0.15, -0.1) is 4.99 Å². The third kappa shape index (κ3) is 4.13. The third-order valence-electron chi connectivity index (χ3n) is 2.39. The van der Waals surface area contributed by atoms with E-state index in [1.54, 1.807) is 18.6 Å². The minimum absolute atomic E-state index is 0.402. The molecule has 0 fully saturated rings. The van der Waals surface area contributed by atoms with E-state index >= 15 is 0 Å². The van der Waals surface area contributed by atoms with Gasteiger partial charge in [-0.25, -0.2) is 0 Å². The Kier molecular flexibility index (Phi) is 4.48. The molecule has 1 aromatic carbocycles. The second-order valence-electron chi connectivity index (χ2n) is 3.77. The van der Waals surface area contributed by atoms with Crippen LogP contribution in [0.5, 0.6) is 0 Å². The molecule has 0 aliphatic heterocycles. The van der Waals surface area contributed by atoms with Gasteiger partial charge in [0.05, 0.1) is 11.9 Å². The Bertz CT molecular complexity index is 572. The van der Waals surface area contributed by atoms with Crippen molar-refractivity contribution in [3.05, 3.63) is 60.4 Å². The molecule has 1 heterocycles. The van der Waals surface area contributed by atoms with Crippen LogP contribution in [0.3, 0.4) is 0 Å². The summed E-state index contributed by atoms with van der Waals surface area (Å²) in [6.45, 7) is 0.592. The van der Waals surface area contributed by atoms with Crippen molar-refractivity contribution in [3.8, 4) is 6.19 Å². The molecule has 2 N–H and O–H groups in total. The molecule has 0 atom stereocenters. The number of aromatic nitrogens is 1. The highest BCUT2D eigenvalue weighted by Crippen LogP contribution is 2.03. The largest absolute Gasteiger partial charge is 0.351 e. The molecule has 0 amide bonds. The van der Waals surface area contributed by atoms with E-state index in [2.05, 4.69) is 20.6 Å². The maximum absolute atomic E-state index is 8.68. The number of pyridine rings is 1. The molecule has 0 radical (unpaired) electrons. The molecular formula is C14H13N5. The third-order valence-corrected chi connectivity index (χ3v) is 2.39. The molecule has 94 valence electrons. The highest BCUT2D eigenvalue weighted by molar-refractivity contribution is 5.93. The number of anilines is 1. The van der Waals surface area contributed by atoms with Crippen LogP contribution in [0.25, 0.3) is 0 Å². The van der Waals surface area contributed by atoms with E-state index in [1.807, 2.05) is 42.5 Å². The summed E-state index contributed by atoms with van der Waals surface area (Å²) in [6, 6.07) is 13.6. The predicted octanol–water partition coefficient (Wildman–Crippen LogP) is 2.12. The number of hydrogen-bond acceptors (Lipinski definition) is 3. The van der Waals surface area contributed by atoms with Crippen molar-refractivity contribution < 1.29 is 0 Å². The summed E-state index contributed by atoms with van der Waals surface area (Å²) in [5.74, 6) is 0.402. The number of benzene rings is 1. The molecule has 0 unspecified atom stereocenters. The lowest BCUT2D eigenvalue weighted by Crippen LogP contribution is -2.30. The molecule has 0 saturated carbocycles. The van der Waals surface area contributed by atoms with E-state index in [0.29, 0.717) is 12.5 Å². The predicted molar refractivity (Wildman–Crippen MR) is 74.2 cm³/mol. The first-order chi connectivity index (χ1) is 9.38. The summed E-state index contributed by atoms with van der Waals surface area (Å²) < 4.78 is 0. The molecule has 5 nitrogen and oxygen atoms in total. The second-order valence-corrected chi connectivity index (χ2v) is 3.77. The monoisotopic (exact) mass is 251 g/mol. The first-order valence-corrected chi connectivity index (χ1v) is 5.80. The number of rotatable bonds is 3. The topological polar surface area (TPSA) is 73.1 Å². The van der Waals surface area contributed by atoms with Gasteiger partial charge in [0.25, 0.3) is 0 Å². The van der Waals surface area contributed by atoms with E-state index in [0.717, 1.165) is 11.3 Å². The van der Waals surface area contributed by atoms with Gasteiger partial charge in [0.15, 0.2) is 0 Å². The Morgan fingerprint density at radius 2 is 2.05 bits per heavy atom. The van der Waals surface area contributed by atoms with Crippen molar-refractivity contribution in [1.29, 1.82) is 5.26 Å². The van der Waals surface area contributed by atoms with Gasteiger partial charge in [-0.1, -0.05) is 30.3 Å². The zero-order chi connectivity index (χ0) is 13.3. The minimum atomic E-state index is 0.402. The van der Waals surface area contributed by atoms with E-state index in [4.69, 9.17) is 5.26 Å². The van der Waals surface area contributed by atoms with Gasteiger partial charge in [-0.05, 0) is 17.7 Å². The summed E-state index contributed by atoms with van der Waals surface area (Å²) in [5.41, 5.74) is 1.89. The number of nitrogens with zero attached hydrogens (tertiary/aromatic N) is 3. The highest BCUT2D eigenvalue weighted by atomic mass is 15.2. The summed E-state index contributed by atoms with van der Waals surface area (Å²) in [5, 5.41) is 14.8. The Morgan fingerprint density at radius 3 is 2.74 bits per heavy atom.